The first-order valence-electron chi connectivity index (χ1n) is 8.34. The normalized spacial score (nSPS) is 10.9. The maximum absolute atomic E-state index is 11.9. The van der Waals surface area contributed by atoms with E-state index in [-0.39, 0.29) is 11.9 Å². The summed E-state index contributed by atoms with van der Waals surface area (Å²) in [5, 5.41) is 16.3. The molecule has 3 rings (SSSR count). The van der Waals surface area contributed by atoms with Crippen molar-refractivity contribution in [1.29, 1.82) is 0 Å². The Labute approximate surface area is 147 Å². The molecular formula is C20H22N4O. The molecule has 0 unspecified atom stereocenters. The number of hydrogen-bond donors (Lipinski definition) is 2. The molecule has 0 spiro atoms. The van der Waals surface area contributed by atoms with Gasteiger partial charge < -0.3 is 10.6 Å². The number of anilines is 1. The van der Waals surface area contributed by atoms with Crippen LogP contribution in [0.4, 0.5) is 5.82 Å². The molecule has 0 aliphatic heterocycles. The summed E-state index contributed by atoms with van der Waals surface area (Å²) in [6, 6.07) is 12.2. The number of carbonyl (C=O) groups is 1. The lowest BCUT2D eigenvalue weighted by atomic mass is 9.96. The van der Waals surface area contributed by atoms with Crippen molar-refractivity contribution in [3.8, 4) is 11.1 Å². The van der Waals surface area contributed by atoms with Gasteiger partial charge in [0, 0.05) is 29.4 Å². The van der Waals surface area contributed by atoms with Gasteiger partial charge in [0.1, 0.15) is 0 Å². The van der Waals surface area contributed by atoms with Crippen molar-refractivity contribution in [1.82, 2.24) is 15.5 Å². The molecule has 25 heavy (non-hydrogen) atoms. The lowest BCUT2D eigenvalue weighted by Gasteiger charge is -2.13. The fourth-order valence-electron chi connectivity index (χ4n) is 2.85. The van der Waals surface area contributed by atoms with E-state index in [9.17, 15) is 4.79 Å². The molecule has 5 heteroatoms. The summed E-state index contributed by atoms with van der Waals surface area (Å²) in [6.45, 7) is 6.19. The Hall–Kier alpha value is -2.95. The average Bonchev–Trinajstić information content (AvgIpc) is 2.61. The van der Waals surface area contributed by atoms with E-state index in [1.54, 1.807) is 13.2 Å². The molecule has 0 aliphatic rings. The molecule has 128 valence electrons. The first-order valence-corrected chi connectivity index (χ1v) is 8.34. The Bertz CT molecular complexity index is 934. The van der Waals surface area contributed by atoms with Crippen molar-refractivity contribution in [3.63, 3.8) is 0 Å². The largest absolute Gasteiger partial charge is 0.366 e. The van der Waals surface area contributed by atoms with Gasteiger partial charge in [-0.1, -0.05) is 12.1 Å². The zero-order valence-corrected chi connectivity index (χ0v) is 14.9. The molecule has 1 amide bonds. The molecule has 0 radical (unpaired) electrons. The zero-order chi connectivity index (χ0) is 18.0. The Morgan fingerprint density at radius 3 is 2.64 bits per heavy atom. The molecule has 1 aromatic heterocycles. The molecule has 1 heterocycles. The van der Waals surface area contributed by atoms with Crippen LogP contribution in [0.15, 0.2) is 42.6 Å². The molecule has 0 aliphatic carbocycles. The molecule has 0 fully saturated rings. The second-order valence-electron chi connectivity index (χ2n) is 6.40. The van der Waals surface area contributed by atoms with E-state index in [0.29, 0.717) is 5.56 Å². The van der Waals surface area contributed by atoms with Gasteiger partial charge in [0.15, 0.2) is 5.82 Å². The van der Waals surface area contributed by atoms with Gasteiger partial charge in [0.05, 0.1) is 6.20 Å². The van der Waals surface area contributed by atoms with E-state index in [2.05, 4.69) is 52.9 Å². The molecule has 2 N–H and O–H groups in total. The predicted octanol–water partition coefficient (Wildman–Crippen LogP) is 3.79. The lowest BCUT2D eigenvalue weighted by Crippen LogP contribution is -2.17. The average molecular weight is 334 g/mol. The van der Waals surface area contributed by atoms with Crippen molar-refractivity contribution < 1.29 is 4.79 Å². The smallest absolute Gasteiger partial charge is 0.251 e. The standard InChI is InChI=1S/C20H22N4O/c1-12(2)23-19-17-8-7-14(9-16(17)11-22-24-19)18-10-15(20(25)21-4)6-5-13(18)3/h5-12H,1-4H3,(H,21,25)(H,23,24). The van der Waals surface area contributed by atoms with E-state index < -0.39 is 0 Å². The van der Waals surface area contributed by atoms with E-state index >= 15 is 0 Å². The van der Waals surface area contributed by atoms with Crippen LogP contribution in [-0.2, 0) is 0 Å². The first kappa shape index (κ1) is 16.9. The van der Waals surface area contributed by atoms with E-state index in [4.69, 9.17) is 0 Å². The van der Waals surface area contributed by atoms with E-state index in [1.807, 2.05) is 25.1 Å². The Balaban J connectivity index is 2.10. The third-order valence-electron chi connectivity index (χ3n) is 4.12. The van der Waals surface area contributed by atoms with Crippen LogP contribution in [0.1, 0.15) is 29.8 Å². The second kappa shape index (κ2) is 6.89. The van der Waals surface area contributed by atoms with Crippen LogP contribution in [0.5, 0.6) is 0 Å². The number of carbonyl (C=O) groups excluding carboxylic acids is 1. The van der Waals surface area contributed by atoms with Gasteiger partial charge in [0.25, 0.3) is 5.91 Å². The molecule has 2 aromatic carbocycles. The summed E-state index contributed by atoms with van der Waals surface area (Å²) >= 11 is 0. The first-order chi connectivity index (χ1) is 12.0. The highest BCUT2D eigenvalue weighted by atomic mass is 16.1. The van der Waals surface area contributed by atoms with Gasteiger partial charge in [-0.2, -0.15) is 5.10 Å². The number of rotatable bonds is 4. The predicted molar refractivity (Wildman–Crippen MR) is 102 cm³/mol. The number of fused-ring (bicyclic) bond motifs is 1. The summed E-state index contributed by atoms with van der Waals surface area (Å²) in [6.07, 6.45) is 1.77. The minimum atomic E-state index is -0.0867. The van der Waals surface area contributed by atoms with Gasteiger partial charge in [-0.3, -0.25) is 4.79 Å². The number of benzene rings is 2. The maximum atomic E-state index is 11.9. The quantitative estimate of drug-likeness (QED) is 0.762. The Morgan fingerprint density at radius 2 is 1.92 bits per heavy atom. The minimum Gasteiger partial charge on any atom is -0.366 e. The zero-order valence-electron chi connectivity index (χ0n) is 14.9. The van der Waals surface area contributed by atoms with Crippen LogP contribution in [0.3, 0.4) is 0 Å². The van der Waals surface area contributed by atoms with E-state index in [1.165, 1.54) is 0 Å². The summed E-state index contributed by atoms with van der Waals surface area (Å²) in [4.78, 5) is 11.9. The summed E-state index contributed by atoms with van der Waals surface area (Å²) in [5.74, 6) is 0.700. The molecular weight excluding hydrogens is 312 g/mol. The molecule has 0 bridgehead atoms. The fourth-order valence-corrected chi connectivity index (χ4v) is 2.85. The van der Waals surface area contributed by atoms with Crippen LogP contribution < -0.4 is 10.6 Å². The molecule has 5 nitrogen and oxygen atoms in total. The van der Waals surface area contributed by atoms with Gasteiger partial charge in [-0.25, -0.2) is 0 Å². The maximum Gasteiger partial charge on any atom is 0.251 e. The number of aryl methyl sites for hydroxylation is 1. The Kier molecular flexibility index (Phi) is 4.65. The molecule has 0 saturated carbocycles. The number of aromatic nitrogens is 2. The SMILES string of the molecule is CNC(=O)c1ccc(C)c(-c2ccc3c(NC(C)C)nncc3c2)c1. The van der Waals surface area contributed by atoms with Gasteiger partial charge in [0.2, 0.25) is 0 Å². The summed E-state index contributed by atoms with van der Waals surface area (Å²) < 4.78 is 0. The van der Waals surface area contributed by atoms with Crippen molar-refractivity contribution in [2.75, 3.05) is 12.4 Å². The van der Waals surface area contributed by atoms with Crippen molar-refractivity contribution in [3.05, 3.63) is 53.7 Å². The van der Waals surface area contributed by atoms with Crippen molar-refractivity contribution in [2.24, 2.45) is 0 Å². The highest BCUT2D eigenvalue weighted by Crippen LogP contribution is 2.29. The minimum absolute atomic E-state index is 0.0867. The highest BCUT2D eigenvalue weighted by Gasteiger charge is 2.10. The third kappa shape index (κ3) is 3.45. The highest BCUT2D eigenvalue weighted by molar-refractivity contribution is 5.97. The lowest BCUT2D eigenvalue weighted by molar-refractivity contribution is 0.0963. The number of nitrogens with zero attached hydrogens (tertiary/aromatic N) is 2. The molecule has 0 atom stereocenters. The number of nitrogens with one attached hydrogen (secondary N) is 2. The number of hydrogen-bond acceptors (Lipinski definition) is 4. The third-order valence-corrected chi connectivity index (χ3v) is 4.12. The van der Waals surface area contributed by atoms with Gasteiger partial charge >= 0.3 is 0 Å². The van der Waals surface area contributed by atoms with Gasteiger partial charge in [-0.15, -0.1) is 5.10 Å². The van der Waals surface area contributed by atoms with Crippen LogP contribution in [-0.4, -0.2) is 29.2 Å². The van der Waals surface area contributed by atoms with Crippen LogP contribution in [0, 0.1) is 6.92 Å². The molecule has 3 aromatic rings. The fraction of sp³-hybridized carbons (Fsp3) is 0.250. The molecule has 0 saturated heterocycles. The summed E-state index contributed by atoms with van der Waals surface area (Å²) in [7, 11) is 1.64. The van der Waals surface area contributed by atoms with Crippen LogP contribution >= 0.6 is 0 Å². The van der Waals surface area contributed by atoms with Crippen LogP contribution in [0.2, 0.25) is 0 Å². The van der Waals surface area contributed by atoms with Crippen molar-refractivity contribution >= 4 is 22.5 Å². The van der Waals surface area contributed by atoms with Crippen molar-refractivity contribution in [2.45, 2.75) is 26.8 Å². The summed E-state index contributed by atoms with van der Waals surface area (Å²) in [5.41, 5.74) is 3.87. The topological polar surface area (TPSA) is 66.9 Å². The van der Waals surface area contributed by atoms with Crippen LogP contribution in [0.25, 0.3) is 21.9 Å². The monoisotopic (exact) mass is 334 g/mol. The number of amides is 1. The van der Waals surface area contributed by atoms with E-state index in [0.717, 1.165) is 33.3 Å². The Morgan fingerprint density at radius 1 is 1.12 bits per heavy atom. The second-order valence-corrected chi connectivity index (χ2v) is 6.40. The van der Waals surface area contributed by atoms with Gasteiger partial charge in [-0.05, 0) is 61.7 Å².